The molecular formula is C13H12N2O3. The van der Waals surface area contributed by atoms with Gasteiger partial charge in [0.05, 0.1) is 0 Å². The molecule has 1 aliphatic carbocycles. The molecule has 0 spiro atoms. The van der Waals surface area contributed by atoms with Crippen LogP contribution in [-0.2, 0) is 4.79 Å². The van der Waals surface area contributed by atoms with Gasteiger partial charge in [0.2, 0.25) is 5.60 Å². The van der Waals surface area contributed by atoms with Gasteiger partial charge >= 0.3 is 0 Å². The van der Waals surface area contributed by atoms with Crippen molar-refractivity contribution in [1.29, 1.82) is 0 Å². The predicted molar refractivity (Wildman–Crippen MR) is 65.1 cm³/mol. The molecule has 0 bridgehead atoms. The average molecular weight is 244 g/mol. The molecule has 1 aliphatic heterocycles. The zero-order valence-electron chi connectivity index (χ0n) is 9.84. The van der Waals surface area contributed by atoms with Gasteiger partial charge in [0.15, 0.2) is 0 Å². The molecule has 0 saturated carbocycles. The number of fused-ring (bicyclic) bond motifs is 2. The van der Waals surface area contributed by atoms with Gasteiger partial charge in [0.1, 0.15) is 11.8 Å². The molecule has 0 fully saturated rings. The Morgan fingerprint density at radius 2 is 2.28 bits per heavy atom. The topological polar surface area (TPSA) is 67.8 Å². The van der Waals surface area contributed by atoms with Gasteiger partial charge in [-0.05, 0) is 19.1 Å². The number of rotatable bonds is 3. The number of nitrogens with one attached hydrogen (secondary N) is 1. The minimum absolute atomic E-state index is 0.233. The maximum absolute atomic E-state index is 12.0. The smallest absolute Gasteiger partial charge is 0.272 e. The first-order chi connectivity index (χ1) is 8.73. The second kappa shape index (κ2) is 3.66. The van der Waals surface area contributed by atoms with Gasteiger partial charge in [-0.15, -0.1) is 4.91 Å². The van der Waals surface area contributed by atoms with Gasteiger partial charge in [0, 0.05) is 17.7 Å². The normalized spacial score (nSPS) is 27.2. The Morgan fingerprint density at radius 3 is 3.00 bits per heavy atom. The van der Waals surface area contributed by atoms with Crippen LogP contribution in [0.1, 0.15) is 18.5 Å². The number of amides is 1. The second-order valence-corrected chi connectivity index (χ2v) is 4.34. The van der Waals surface area contributed by atoms with Crippen molar-refractivity contribution in [2.24, 2.45) is 5.18 Å². The lowest BCUT2D eigenvalue weighted by atomic mass is 9.96. The van der Waals surface area contributed by atoms with E-state index in [1.807, 2.05) is 13.0 Å². The fourth-order valence-corrected chi connectivity index (χ4v) is 2.34. The summed E-state index contributed by atoms with van der Waals surface area (Å²) in [5.41, 5.74) is 0.279. The Morgan fingerprint density at radius 1 is 1.50 bits per heavy atom. The number of ether oxygens (including phenoxy) is 1. The number of carbonyl (C=O) groups is 1. The van der Waals surface area contributed by atoms with Crippen molar-refractivity contribution >= 4 is 5.91 Å². The van der Waals surface area contributed by atoms with Gasteiger partial charge in [-0.25, -0.2) is 0 Å². The third-order valence-electron chi connectivity index (χ3n) is 3.26. The summed E-state index contributed by atoms with van der Waals surface area (Å²) in [7, 11) is 0. The Bertz CT molecular complexity index is 567. The summed E-state index contributed by atoms with van der Waals surface area (Å²) in [5, 5.41) is 5.83. The number of benzene rings is 1. The molecule has 2 unspecified atom stereocenters. The predicted octanol–water partition coefficient (Wildman–Crippen LogP) is 1.70. The molecule has 0 aromatic heterocycles. The average Bonchev–Trinajstić information content (AvgIpc) is 3.11. The largest absolute Gasteiger partial charge is 0.468 e. The van der Waals surface area contributed by atoms with Crippen molar-refractivity contribution in [3.8, 4) is 5.75 Å². The van der Waals surface area contributed by atoms with Crippen LogP contribution in [0.4, 0.5) is 0 Å². The Hall–Kier alpha value is -2.17. The first-order valence-corrected chi connectivity index (χ1v) is 5.85. The number of nitroso groups, excluding NO2 is 1. The van der Waals surface area contributed by atoms with E-state index in [4.69, 9.17) is 4.74 Å². The molecule has 1 aromatic rings. The third kappa shape index (κ3) is 1.30. The van der Waals surface area contributed by atoms with E-state index in [2.05, 4.69) is 10.5 Å². The van der Waals surface area contributed by atoms with Crippen molar-refractivity contribution in [3.63, 3.8) is 0 Å². The monoisotopic (exact) mass is 244 g/mol. The van der Waals surface area contributed by atoms with Crippen LogP contribution >= 0.6 is 0 Å². The highest BCUT2D eigenvalue weighted by molar-refractivity contribution is 5.98. The molecule has 1 aromatic carbocycles. The van der Waals surface area contributed by atoms with E-state index in [1.54, 1.807) is 24.3 Å². The lowest BCUT2D eigenvalue weighted by molar-refractivity contribution is -0.129. The van der Waals surface area contributed by atoms with E-state index in [9.17, 15) is 9.70 Å². The standard InChI is InChI=1S/C13H12N2O3/c1-2-14-12(16)13-7-9(13)11(15-17)8-5-3-4-6-10(8)18-13/h3-7,11H,2H2,1H3,(H,14,16). The summed E-state index contributed by atoms with van der Waals surface area (Å²) in [4.78, 5) is 23.0. The maximum Gasteiger partial charge on any atom is 0.272 e. The third-order valence-corrected chi connectivity index (χ3v) is 3.26. The summed E-state index contributed by atoms with van der Waals surface area (Å²) in [6.45, 7) is 2.36. The summed E-state index contributed by atoms with van der Waals surface area (Å²) in [6.07, 6.45) is 1.67. The molecule has 0 saturated heterocycles. The van der Waals surface area contributed by atoms with E-state index in [-0.39, 0.29) is 5.91 Å². The molecule has 0 radical (unpaired) electrons. The highest BCUT2D eigenvalue weighted by atomic mass is 16.5. The lowest BCUT2D eigenvalue weighted by Crippen LogP contribution is -2.45. The number of likely N-dealkylation sites (N-methyl/N-ethyl adjacent to an activating group) is 1. The van der Waals surface area contributed by atoms with Crippen molar-refractivity contribution < 1.29 is 9.53 Å². The summed E-state index contributed by atoms with van der Waals surface area (Å²) in [6, 6.07) is 6.55. The van der Waals surface area contributed by atoms with E-state index in [1.165, 1.54) is 0 Å². The van der Waals surface area contributed by atoms with Gasteiger partial charge < -0.3 is 10.1 Å². The van der Waals surface area contributed by atoms with Crippen LogP contribution in [0.3, 0.4) is 0 Å². The van der Waals surface area contributed by atoms with Gasteiger partial charge in [0.25, 0.3) is 5.91 Å². The lowest BCUT2D eigenvalue weighted by Gasteiger charge is -2.28. The first kappa shape index (κ1) is 11.0. The van der Waals surface area contributed by atoms with E-state index < -0.39 is 11.6 Å². The molecule has 1 heterocycles. The molecule has 3 rings (SSSR count). The van der Waals surface area contributed by atoms with Crippen LogP contribution < -0.4 is 10.1 Å². The summed E-state index contributed by atoms with van der Waals surface area (Å²) < 4.78 is 5.74. The van der Waals surface area contributed by atoms with Gasteiger partial charge in [-0.2, -0.15) is 0 Å². The van der Waals surface area contributed by atoms with Crippen molar-refractivity contribution in [3.05, 3.63) is 46.4 Å². The Kier molecular flexibility index (Phi) is 2.23. The zero-order chi connectivity index (χ0) is 12.8. The van der Waals surface area contributed by atoms with Gasteiger partial charge in [-0.3, -0.25) is 4.79 Å². The second-order valence-electron chi connectivity index (χ2n) is 4.34. The van der Waals surface area contributed by atoms with Crippen LogP contribution in [-0.4, -0.2) is 18.1 Å². The molecule has 5 nitrogen and oxygen atoms in total. The van der Waals surface area contributed by atoms with E-state index >= 15 is 0 Å². The van der Waals surface area contributed by atoms with Crippen LogP contribution in [0.5, 0.6) is 5.75 Å². The molecule has 5 heteroatoms. The Labute approximate surface area is 104 Å². The number of hydrogen-bond donors (Lipinski definition) is 1. The molecule has 18 heavy (non-hydrogen) atoms. The van der Waals surface area contributed by atoms with E-state index in [0.717, 1.165) is 5.56 Å². The van der Waals surface area contributed by atoms with Crippen molar-refractivity contribution in [2.45, 2.75) is 18.6 Å². The zero-order valence-corrected chi connectivity index (χ0v) is 9.84. The molecule has 2 aliphatic rings. The van der Waals surface area contributed by atoms with Crippen LogP contribution in [0.2, 0.25) is 0 Å². The molecule has 92 valence electrons. The highest BCUT2D eigenvalue weighted by Crippen LogP contribution is 2.54. The highest BCUT2D eigenvalue weighted by Gasteiger charge is 2.60. The number of hydrogen-bond acceptors (Lipinski definition) is 4. The van der Waals surface area contributed by atoms with Crippen LogP contribution in [0.25, 0.3) is 0 Å². The van der Waals surface area contributed by atoms with Crippen LogP contribution in [0, 0.1) is 4.91 Å². The fraction of sp³-hybridized carbons (Fsp3) is 0.308. The van der Waals surface area contributed by atoms with Crippen LogP contribution in [0.15, 0.2) is 41.1 Å². The fourth-order valence-electron chi connectivity index (χ4n) is 2.34. The summed E-state index contributed by atoms with van der Waals surface area (Å²) in [5.74, 6) is 0.314. The Balaban J connectivity index is 2.00. The van der Waals surface area contributed by atoms with E-state index in [0.29, 0.717) is 17.9 Å². The molecule has 1 N–H and O–H groups in total. The number of carbonyl (C=O) groups excluding carboxylic acids is 1. The minimum Gasteiger partial charge on any atom is -0.468 e. The van der Waals surface area contributed by atoms with Crippen molar-refractivity contribution in [1.82, 2.24) is 5.32 Å². The first-order valence-electron chi connectivity index (χ1n) is 5.85. The van der Waals surface area contributed by atoms with Gasteiger partial charge in [-0.1, -0.05) is 23.4 Å². The SMILES string of the molecule is CCNC(=O)C12C=C1C(N=O)c1ccccc1O2. The quantitative estimate of drug-likeness (QED) is 0.650. The molecule has 2 atom stereocenters. The molecule has 1 amide bonds. The minimum atomic E-state index is -1.08. The number of nitrogens with zero attached hydrogens (tertiary/aromatic N) is 1. The van der Waals surface area contributed by atoms with Crippen molar-refractivity contribution in [2.75, 3.05) is 6.54 Å². The summed E-state index contributed by atoms with van der Waals surface area (Å²) >= 11 is 0. The number of para-hydroxylation sites is 1. The maximum atomic E-state index is 12.0. The molecular weight excluding hydrogens is 232 g/mol.